The van der Waals surface area contributed by atoms with Crippen molar-refractivity contribution in [2.45, 2.75) is 19.4 Å². The number of aromatic nitrogens is 3. The Hall–Kier alpha value is -3.81. The van der Waals surface area contributed by atoms with E-state index in [1.54, 1.807) is 39.0 Å². The molecule has 4 aromatic rings. The molecule has 0 bridgehead atoms. The zero-order chi connectivity index (χ0) is 22.8. The van der Waals surface area contributed by atoms with Crippen molar-refractivity contribution in [3.63, 3.8) is 0 Å². The van der Waals surface area contributed by atoms with Crippen LogP contribution in [0, 0.1) is 0 Å². The summed E-state index contributed by atoms with van der Waals surface area (Å²) in [5.74, 6) is 1.16. The number of aryl methyl sites for hydroxylation is 1. The number of benzene rings is 2. The number of hydrogen-bond donors (Lipinski definition) is 1. The lowest BCUT2D eigenvalue weighted by Gasteiger charge is -2.17. The second-order valence-corrected chi connectivity index (χ2v) is 7.63. The Balaban J connectivity index is 1.58. The van der Waals surface area contributed by atoms with Crippen molar-refractivity contribution in [1.82, 2.24) is 19.7 Å². The van der Waals surface area contributed by atoms with E-state index in [1.807, 2.05) is 42.5 Å². The Kier molecular flexibility index (Phi) is 5.85. The van der Waals surface area contributed by atoms with Gasteiger partial charge in [0.1, 0.15) is 11.6 Å². The monoisotopic (exact) mass is 434 g/mol. The van der Waals surface area contributed by atoms with Crippen LogP contribution < -0.4 is 20.3 Å². The number of methoxy groups -OCH3 is 2. The first-order valence-corrected chi connectivity index (χ1v) is 10.4. The highest BCUT2D eigenvalue weighted by Gasteiger charge is 2.23. The number of carbonyl (C=O) groups is 1. The highest BCUT2D eigenvalue weighted by atomic mass is 16.5. The van der Waals surface area contributed by atoms with E-state index < -0.39 is 6.04 Å². The van der Waals surface area contributed by atoms with Crippen LogP contribution in [0.2, 0.25) is 0 Å². The van der Waals surface area contributed by atoms with Crippen LogP contribution in [-0.2, 0) is 18.3 Å². The summed E-state index contributed by atoms with van der Waals surface area (Å²) in [5.41, 5.74) is 2.09. The topological polar surface area (TPSA) is 87.4 Å². The molecule has 0 saturated heterocycles. The number of fused-ring (bicyclic) bond motifs is 3. The van der Waals surface area contributed by atoms with Gasteiger partial charge >= 0.3 is 0 Å². The van der Waals surface area contributed by atoms with Crippen molar-refractivity contribution in [2.75, 3.05) is 20.8 Å². The zero-order valence-electron chi connectivity index (χ0n) is 18.6. The van der Waals surface area contributed by atoms with Crippen molar-refractivity contribution in [3.05, 3.63) is 64.6 Å². The standard InChI is InChI=1S/C24H26N4O4/c1-15(23(29)25-12-11-16-9-10-20(31-3)21(13-16)32-4)28-19-8-6-5-7-17(19)18-14-26-27(2)24(30)22(18)28/h5-10,13-15H,11-12H2,1-4H3,(H,25,29)/t15-/m1/s1. The van der Waals surface area contributed by atoms with Crippen LogP contribution in [0.3, 0.4) is 0 Å². The van der Waals surface area contributed by atoms with Crippen LogP contribution in [0.1, 0.15) is 18.5 Å². The number of amides is 1. The minimum Gasteiger partial charge on any atom is -0.493 e. The first kappa shape index (κ1) is 21.4. The van der Waals surface area contributed by atoms with Gasteiger partial charge in [-0.15, -0.1) is 0 Å². The summed E-state index contributed by atoms with van der Waals surface area (Å²) in [6.07, 6.45) is 2.31. The maximum atomic E-state index is 13.0. The summed E-state index contributed by atoms with van der Waals surface area (Å²) in [7, 11) is 4.80. The number of ether oxygens (including phenoxy) is 2. The molecule has 1 amide bonds. The molecule has 4 rings (SSSR count). The molecule has 32 heavy (non-hydrogen) atoms. The maximum Gasteiger partial charge on any atom is 0.291 e. The second-order valence-electron chi connectivity index (χ2n) is 7.63. The minimum absolute atomic E-state index is 0.160. The van der Waals surface area contributed by atoms with Crippen LogP contribution in [-0.4, -0.2) is 41.0 Å². The van der Waals surface area contributed by atoms with Gasteiger partial charge in [-0.25, -0.2) is 4.68 Å². The average Bonchev–Trinajstić information content (AvgIpc) is 3.15. The van der Waals surface area contributed by atoms with Crippen molar-refractivity contribution >= 4 is 27.7 Å². The fourth-order valence-corrected chi connectivity index (χ4v) is 4.02. The van der Waals surface area contributed by atoms with Crippen LogP contribution in [0.15, 0.2) is 53.5 Å². The normalized spacial score (nSPS) is 12.1. The molecule has 0 radical (unpaired) electrons. The Bertz CT molecular complexity index is 1360. The molecule has 0 aliphatic rings. The fourth-order valence-electron chi connectivity index (χ4n) is 4.02. The molecular formula is C24H26N4O4. The number of nitrogens with zero attached hydrogens (tertiary/aromatic N) is 3. The average molecular weight is 434 g/mol. The third-order valence-corrected chi connectivity index (χ3v) is 5.73. The number of carbonyl (C=O) groups excluding carboxylic acids is 1. The van der Waals surface area contributed by atoms with Gasteiger partial charge in [-0.3, -0.25) is 9.59 Å². The number of rotatable bonds is 7. The van der Waals surface area contributed by atoms with Gasteiger partial charge in [0.15, 0.2) is 11.5 Å². The van der Waals surface area contributed by atoms with Crippen LogP contribution >= 0.6 is 0 Å². The smallest absolute Gasteiger partial charge is 0.291 e. The van der Waals surface area contributed by atoms with Crippen molar-refractivity contribution in [1.29, 1.82) is 0 Å². The predicted octanol–water partition coefficient (Wildman–Crippen LogP) is 2.83. The third kappa shape index (κ3) is 3.68. The van der Waals surface area contributed by atoms with Gasteiger partial charge in [0.05, 0.1) is 25.9 Å². The maximum absolute atomic E-state index is 13.0. The Labute approximate surface area is 185 Å². The van der Waals surface area contributed by atoms with E-state index >= 15 is 0 Å². The first-order valence-electron chi connectivity index (χ1n) is 10.4. The van der Waals surface area contributed by atoms with E-state index in [0.717, 1.165) is 21.9 Å². The summed E-state index contributed by atoms with van der Waals surface area (Å²) in [5, 5.41) is 8.79. The molecule has 1 N–H and O–H groups in total. The van der Waals surface area contributed by atoms with Crippen molar-refractivity contribution in [2.24, 2.45) is 7.05 Å². The van der Waals surface area contributed by atoms with Gasteiger partial charge in [-0.2, -0.15) is 5.10 Å². The molecule has 2 aromatic carbocycles. The molecule has 166 valence electrons. The molecule has 8 nitrogen and oxygen atoms in total. The zero-order valence-corrected chi connectivity index (χ0v) is 18.6. The summed E-state index contributed by atoms with van der Waals surface area (Å²) in [4.78, 5) is 25.9. The molecule has 0 aliphatic heterocycles. The Morgan fingerprint density at radius 2 is 1.84 bits per heavy atom. The molecular weight excluding hydrogens is 408 g/mol. The molecule has 0 aliphatic carbocycles. The van der Waals surface area contributed by atoms with Gasteiger partial charge in [-0.1, -0.05) is 24.3 Å². The molecule has 0 fully saturated rings. The van der Waals surface area contributed by atoms with Gasteiger partial charge in [-0.05, 0) is 37.1 Å². The molecule has 8 heteroatoms. The first-order chi connectivity index (χ1) is 15.5. The van der Waals surface area contributed by atoms with E-state index in [0.29, 0.717) is 30.0 Å². The largest absolute Gasteiger partial charge is 0.493 e. The predicted molar refractivity (Wildman–Crippen MR) is 123 cm³/mol. The quantitative estimate of drug-likeness (QED) is 0.483. The summed E-state index contributed by atoms with van der Waals surface area (Å²) in [6, 6.07) is 12.8. The number of para-hydroxylation sites is 1. The van der Waals surface area contributed by atoms with Crippen LogP contribution in [0.25, 0.3) is 21.8 Å². The van der Waals surface area contributed by atoms with Crippen LogP contribution in [0.5, 0.6) is 11.5 Å². The number of hydrogen-bond acceptors (Lipinski definition) is 5. The lowest BCUT2D eigenvalue weighted by Crippen LogP contribution is -2.33. The molecule has 2 aromatic heterocycles. The highest BCUT2D eigenvalue weighted by molar-refractivity contribution is 6.08. The van der Waals surface area contributed by atoms with E-state index in [1.165, 1.54) is 4.68 Å². The minimum atomic E-state index is -0.571. The van der Waals surface area contributed by atoms with Gasteiger partial charge < -0.3 is 19.4 Å². The lowest BCUT2D eigenvalue weighted by molar-refractivity contribution is -0.123. The molecule has 0 spiro atoms. The lowest BCUT2D eigenvalue weighted by atomic mass is 10.1. The van der Waals surface area contributed by atoms with Gasteiger partial charge in [0, 0.05) is 24.4 Å². The summed E-state index contributed by atoms with van der Waals surface area (Å²) >= 11 is 0. The summed E-state index contributed by atoms with van der Waals surface area (Å²) in [6.45, 7) is 2.26. The SMILES string of the molecule is COc1ccc(CCNC(=O)[C@@H](C)n2c3ccccc3c3cnn(C)c(=O)c32)cc1OC. The Morgan fingerprint density at radius 1 is 1.09 bits per heavy atom. The third-order valence-electron chi connectivity index (χ3n) is 5.73. The van der Waals surface area contributed by atoms with Gasteiger partial charge in [0.25, 0.3) is 5.56 Å². The molecule has 0 unspecified atom stereocenters. The van der Waals surface area contributed by atoms with E-state index in [9.17, 15) is 9.59 Å². The highest BCUT2D eigenvalue weighted by Crippen LogP contribution is 2.30. The second kappa shape index (κ2) is 8.74. The number of nitrogens with one attached hydrogen (secondary N) is 1. The van der Waals surface area contributed by atoms with E-state index in [4.69, 9.17) is 9.47 Å². The molecule has 2 heterocycles. The van der Waals surface area contributed by atoms with Crippen LogP contribution in [0.4, 0.5) is 0 Å². The summed E-state index contributed by atoms with van der Waals surface area (Å²) < 4.78 is 13.7. The molecule has 0 saturated carbocycles. The Morgan fingerprint density at radius 3 is 2.59 bits per heavy atom. The van der Waals surface area contributed by atoms with Gasteiger partial charge in [0.2, 0.25) is 5.91 Å². The van der Waals surface area contributed by atoms with Crippen molar-refractivity contribution < 1.29 is 14.3 Å². The van der Waals surface area contributed by atoms with E-state index in [2.05, 4.69) is 10.4 Å². The molecule has 1 atom stereocenters. The van der Waals surface area contributed by atoms with Crippen molar-refractivity contribution in [3.8, 4) is 11.5 Å². The fraction of sp³-hybridized carbons (Fsp3) is 0.292. The van der Waals surface area contributed by atoms with E-state index in [-0.39, 0.29) is 11.5 Å².